The lowest BCUT2D eigenvalue weighted by atomic mass is 10.1. The van der Waals surface area contributed by atoms with Crippen molar-refractivity contribution in [3.8, 4) is 11.8 Å². The SMILES string of the molecule is CC1(C)C(=O)N(Cc2ccc(C#CCO)cc2F)S1(=O)=O. The fraction of sp³-hybridized carbons (Fsp3) is 0.357. The summed E-state index contributed by atoms with van der Waals surface area (Å²) in [6.07, 6.45) is 0. The average molecular weight is 311 g/mol. The molecule has 1 aliphatic heterocycles. The van der Waals surface area contributed by atoms with Gasteiger partial charge in [0.1, 0.15) is 12.4 Å². The van der Waals surface area contributed by atoms with Crippen LogP contribution in [0.15, 0.2) is 18.2 Å². The van der Waals surface area contributed by atoms with Crippen molar-refractivity contribution in [1.29, 1.82) is 0 Å². The van der Waals surface area contributed by atoms with Crippen LogP contribution in [0.1, 0.15) is 25.0 Å². The Morgan fingerprint density at radius 3 is 2.57 bits per heavy atom. The van der Waals surface area contributed by atoms with Crippen LogP contribution >= 0.6 is 0 Å². The van der Waals surface area contributed by atoms with Gasteiger partial charge in [0.2, 0.25) is 0 Å². The van der Waals surface area contributed by atoms with Gasteiger partial charge in [-0.1, -0.05) is 17.9 Å². The van der Waals surface area contributed by atoms with E-state index in [-0.39, 0.29) is 18.7 Å². The molecule has 5 nitrogen and oxygen atoms in total. The summed E-state index contributed by atoms with van der Waals surface area (Å²) in [5.74, 6) is 3.73. The number of rotatable bonds is 2. The summed E-state index contributed by atoms with van der Waals surface area (Å²) in [4.78, 5) is 11.8. The first-order valence-corrected chi connectivity index (χ1v) is 7.60. The van der Waals surface area contributed by atoms with Gasteiger partial charge in [-0.25, -0.2) is 17.1 Å². The van der Waals surface area contributed by atoms with Crippen LogP contribution in [0, 0.1) is 17.7 Å². The molecular weight excluding hydrogens is 297 g/mol. The minimum Gasteiger partial charge on any atom is -0.384 e. The highest BCUT2D eigenvalue weighted by molar-refractivity contribution is 7.94. The number of benzene rings is 1. The zero-order valence-corrected chi connectivity index (χ0v) is 12.4. The second kappa shape index (κ2) is 5.13. The molecule has 0 aromatic heterocycles. The van der Waals surface area contributed by atoms with Gasteiger partial charge in [0, 0.05) is 11.1 Å². The van der Waals surface area contributed by atoms with E-state index in [2.05, 4.69) is 11.8 Å². The van der Waals surface area contributed by atoms with E-state index in [9.17, 15) is 17.6 Å². The maximum absolute atomic E-state index is 13.9. The molecule has 0 saturated carbocycles. The summed E-state index contributed by atoms with van der Waals surface area (Å²) in [7, 11) is -3.73. The molecule has 1 amide bonds. The van der Waals surface area contributed by atoms with Gasteiger partial charge in [-0.05, 0) is 26.0 Å². The largest absolute Gasteiger partial charge is 0.384 e. The topological polar surface area (TPSA) is 74.7 Å². The van der Waals surface area contributed by atoms with Crippen LogP contribution in [-0.4, -0.2) is 35.1 Å². The predicted molar refractivity (Wildman–Crippen MR) is 73.9 cm³/mol. The Morgan fingerprint density at radius 1 is 1.38 bits per heavy atom. The molecule has 1 N–H and O–H groups in total. The van der Waals surface area contributed by atoms with Gasteiger partial charge >= 0.3 is 0 Å². The number of hydrogen-bond donors (Lipinski definition) is 1. The molecule has 1 aromatic rings. The Hall–Kier alpha value is -1.91. The molecule has 21 heavy (non-hydrogen) atoms. The van der Waals surface area contributed by atoms with Crippen molar-refractivity contribution in [1.82, 2.24) is 4.31 Å². The molecule has 0 atom stereocenters. The number of amides is 1. The van der Waals surface area contributed by atoms with E-state index in [1.807, 2.05) is 0 Å². The predicted octanol–water partition coefficient (Wildman–Crippen LogP) is 0.620. The monoisotopic (exact) mass is 311 g/mol. The minimum atomic E-state index is -3.73. The number of aliphatic hydroxyl groups excluding tert-OH is 1. The number of carbonyl (C=O) groups excluding carboxylic acids is 1. The second-order valence-electron chi connectivity index (χ2n) is 5.09. The lowest BCUT2D eigenvalue weighted by Crippen LogP contribution is -2.66. The van der Waals surface area contributed by atoms with Crippen LogP contribution in [0.3, 0.4) is 0 Å². The van der Waals surface area contributed by atoms with Gasteiger partial charge in [0.05, 0.1) is 6.54 Å². The van der Waals surface area contributed by atoms with Crippen LogP contribution in [0.4, 0.5) is 4.39 Å². The summed E-state index contributed by atoms with van der Waals surface area (Å²) < 4.78 is 37.0. The summed E-state index contributed by atoms with van der Waals surface area (Å²) in [5, 5.41) is 8.57. The first kappa shape index (κ1) is 15.5. The highest BCUT2D eigenvalue weighted by Crippen LogP contribution is 2.36. The van der Waals surface area contributed by atoms with Crippen LogP contribution in [0.25, 0.3) is 0 Å². The number of carbonyl (C=O) groups is 1. The smallest absolute Gasteiger partial charge is 0.259 e. The van der Waals surface area contributed by atoms with Crippen molar-refractivity contribution in [3.63, 3.8) is 0 Å². The third kappa shape index (κ3) is 2.41. The Balaban J connectivity index is 2.24. The van der Waals surface area contributed by atoms with E-state index < -0.39 is 26.5 Å². The average Bonchev–Trinajstić information content (AvgIpc) is 2.42. The third-order valence-electron chi connectivity index (χ3n) is 3.36. The lowest BCUT2D eigenvalue weighted by Gasteiger charge is -2.43. The highest BCUT2D eigenvalue weighted by Gasteiger charge is 2.59. The maximum Gasteiger partial charge on any atom is 0.259 e. The van der Waals surface area contributed by atoms with Gasteiger partial charge in [-0.2, -0.15) is 0 Å². The Bertz CT molecular complexity index is 759. The van der Waals surface area contributed by atoms with Crippen molar-refractivity contribution < 1.29 is 22.7 Å². The minimum absolute atomic E-state index is 0.0944. The van der Waals surface area contributed by atoms with Crippen molar-refractivity contribution in [3.05, 3.63) is 35.1 Å². The van der Waals surface area contributed by atoms with E-state index in [4.69, 9.17) is 5.11 Å². The lowest BCUT2D eigenvalue weighted by molar-refractivity contribution is -0.132. The Labute approximate surface area is 122 Å². The van der Waals surface area contributed by atoms with Crippen LogP contribution in [0.2, 0.25) is 0 Å². The van der Waals surface area contributed by atoms with Crippen molar-refractivity contribution >= 4 is 15.9 Å². The molecule has 0 spiro atoms. The van der Waals surface area contributed by atoms with Crippen LogP contribution in [0.5, 0.6) is 0 Å². The van der Waals surface area contributed by atoms with Gasteiger partial charge in [0.15, 0.2) is 4.75 Å². The number of aliphatic hydroxyl groups is 1. The van der Waals surface area contributed by atoms with Gasteiger partial charge < -0.3 is 5.11 Å². The zero-order valence-electron chi connectivity index (χ0n) is 11.6. The van der Waals surface area contributed by atoms with Crippen molar-refractivity contribution in [2.24, 2.45) is 0 Å². The van der Waals surface area contributed by atoms with Gasteiger partial charge in [0.25, 0.3) is 15.9 Å². The molecule has 112 valence electrons. The molecule has 1 saturated heterocycles. The number of nitrogens with zero attached hydrogens (tertiary/aromatic N) is 1. The quantitative estimate of drug-likeness (QED) is 0.813. The summed E-state index contributed by atoms with van der Waals surface area (Å²) in [6.45, 7) is 1.99. The standard InChI is InChI=1S/C14H14FNO4S/c1-14(2)13(18)16(21(14,19)20)9-11-6-5-10(4-3-7-17)8-12(11)15/h5-6,8,17H,7,9H2,1-2H3. The van der Waals surface area contributed by atoms with Gasteiger partial charge in [-0.15, -0.1) is 0 Å². The van der Waals surface area contributed by atoms with E-state index in [0.717, 1.165) is 6.07 Å². The van der Waals surface area contributed by atoms with E-state index in [1.165, 1.54) is 26.0 Å². The number of sulfonamides is 1. The highest BCUT2D eigenvalue weighted by atomic mass is 32.2. The molecule has 2 rings (SSSR count). The number of hydrogen-bond acceptors (Lipinski definition) is 4. The Kier molecular flexibility index (Phi) is 3.78. The van der Waals surface area contributed by atoms with E-state index >= 15 is 0 Å². The fourth-order valence-electron chi connectivity index (χ4n) is 1.96. The van der Waals surface area contributed by atoms with Crippen molar-refractivity contribution in [2.45, 2.75) is 25.1 Å². The molecule has 1 aliphatic rings. The summed E-state index contributed by atoms with van der Waals surface area (Å²) in [6, 6.07) is 4.02. The molecule has 0 unspecified atom stereocenters. The molecule has 0 bridgehead atoms. The Morgan fingerprint density at radius 2 is 2.05 bits per heavy atom. The summed E-state index contributed by atoms with van der Waals surface area (Å²) >= 11 is 0. The second-order valence-corrected chi connectivity index (χ2v) is 7.50. The fourth-order valence-corrected chi connectivity index (χ4v) is 3.47. The number of halogens is 1. The van der Waals surface area contributed by atoms with E-state index in [0.29, 0.717) is 9.87 Å². The molecule has 0 aliphatic carbocycles. The molecule has 1 heterocycles. The molecular formula is C14H14FNO4S. The molecule has 1 aromatic carbocycles. The first-order valence-electron chi connectivity index (χ1n) is 6.16. The maximum atomic E-state index is 13.9. The first-order chi connectivity index (χ1) is 9.71. The van der Waals surface area contributed by atoms with Crippen LogP contribution < -0.4 is 0 Å². The van der Waals surface area contributed by atoms with Crippen LogP contribution in [-0.2, 0) is 21.4 Å². The zero-order chi connectivity index (χ0) is 15.8. The third-order valence-corrected chi connectivity index (χ3v) is 5.69. The van der Waals surface area contributed by atoms with Crippen molar-refractivity contribution in [2.75, 3.05) is 6.61 Å². The normalized spacial score (nSPS) is 18.7. The molecule has 7 heteroatoms. The van der Waals surface area contributed by atoms with Gasteiger partial charge in [-0.3, -0.25) is 4.79 Å². The summed E-state index contributed by atoms with van der Waals surface area (Å²) in [5.41, 5.74) is 0.459. The van der Waals surface area contributed by atoms with E-state index in [1.54, 1.807) is 0 Å². The molecule has 1 fully saturated rings. The molecule has 0 radical (unpaired) electrons.